The van der Waals surface area contributed by atoms with Crippen LogP contribution in [0.2, 0.25) is 0 Å². The highest BCUT2D eigenvalue weighted by Gasteiger charge is 2.22. The van der Waals surface area contributed by atoms with Gasteiger partial charge in [-0.15, -0.1) is 11.3 Å². The van der Waals surface area contributed by atoms with Crippen LogP contribution in [0.1, 0.15) is 21.3 Å². The summed E-state index contributed by atoms with van der Waals surface area (Å²) < 4.78 is 0. The van der Waals surface area contributed by atoms with Crippen LogP contribution in [-0.4, -0.2) is 17.0 Å². The van der Waals surface area contributed by atoms with Crippen molar-refractivity contribution in [3.05, 3.63) is 58.3 Å². The van der Waals surface area contributed by atoms with E-state index in [9.17, 15) is 9.59 Å². The molecule has 0 fully saturated rings. The van der Waals surface area contributed by atoms with Gasteiger partial charge in [-0.05, 0) is 17.0 Å². The second-order valence-corrected chi connectivity index (χ2v) is 4.58. The fraction of sp³-hybridized carbons (Fsp3) is 0.0769. The van der Waals surface area contributed by atoms with Crippen molar-refractivity contribution in [1.29, 1.82) is 0 Å². The fourth-order valence-corrected chi connectivity index (χ4v) is 2.17. The molecule has 0 saturated carbocycles. The highest BCUT2D eigenvalue weighted by atomic mass is 32.1. The van der Waals surface area contributed by atoms with Crippen LogP contribution >= 0.6 is 11.3 Å². The number of carbonyl (C=O) groups excluding carboxylic acids is 1. The van der Waals surface area contributed by atoms with Gasteiger partial charge in [0.25, 0.3) is 5.91 Å². The van der Waals surface area contributed by atoms with E-state index in [2.05, 4.69) is 5.32 Å². The standard InChI is InChI=1S/C13H11NO3S/c15-12(10-7-4-8-18-10)14-11(13(16)17)9-5-2-1-3-6-9/h1-8,11H,(H,14,15)(H,16,17)/t11-/m0/s1. The molecule has 0 aliphatic rings. The largest absolute Gasteiger partial charge is 0.479 e. The summed E-state index contributed by atoms with van der Waals surface area (Å²) in [6.07, 6.45) is 0. The van der Waals surface area contributed by atoms with E-state index in [0.717, 1.165) is 0 Å². The Kier molecular flexibility index (Phi) is 3.74. The molecular weight excluding hydrogens is 250 g/mol. The molecule has 0 radical (unpaired) electrons. The van der Waals surface area contributed by atoms with Gasteiger partial charge in [-0.3, -0.25) is 4.79 Å². The number of rotatable bonds is 4. The number of thiophene rings is 1. The van der Waals surface area contributed by atoms with Gasteiger partial charge in [0.05, 0.1) is 4.88 Å². The SMILES string of the molecule is O=C(N[C@H](C(=O)O)c1ccccc1)c1cccs1. The Morgan fingerprint density at radius 2 is 1.83 bits per heavy atom. The third kappa shape index (κ3) is 2.75. The zero-order valence-corrected chi connectivity index (χ0v) is 10.2. The first-order valence-corrected chi connectivity index (χ1v) is 6.18. The first kappa shape index (κ1) is 12.3. The molecule has 0 unspecified atom stereocenters. The molecule has 2 N–H and O–H groups in total. The number of carboxylic acids is 1. The molecule has 1 amide bonds. The van der Waals surface area contributed by atoms with Gasteiger partial charge in [0.1, 0.15) is 0 Å². The molecule has 0 aliphatic carbocycles. The van der Waals surface area contributed by atoms with Crippen molar-refractivity contribution in [2.75, 3.05) is 0 Å². The quantitative estimate of drug-likeness (QED) is 0.887. The van der Waals surface area contributed by atoms with E-state index in [1.54, 1.807) is 47.8 Å². The van der Waals surface area contributed by atoms with Crippen molar-refractivity contribution in [2.45, 2.75) is 6.04 Å². The number of carbonyl (C=O) groups is 2. The normalized spacial score (nSPS) is 11.8. The molecule has 2 rings (SSSR count). The van der Waals surface area contributed by atoms with Crippen LogP contribution in [0.25, 0.3) is 0 Å². The Morgan fingerprint density at radius 1 is 1.11 bits per heavy atom. The summed E-state index contributed by atoms with van der Waals surface area (Å²) in [5.74, 6) is -1.45. The summed E-state index contributed by atoms with van der Waals surface area (Å²) >= 11 is 1.27. The fourth-order valence-electron chi connectivity index (χ4n) is 1.54. The average molecular weight is 261 g/mol. The Morgan fingerprint density at radius 3 is 2.39 bits per heavy atom. The van der Waals surface area contributed by atoms with Gasteiger partial charge >= 0.3 is 5.97 Å². The van der Waals surface area contributed by atoms with Crippen molar-refractivity contribution >= 4 is 23.2 Å². The van der Waals surface area contributed by atoms with Crippen LogP contribution in [0, 0.1) is 0 Å². The molecule has 0 saturated heterocycles. The lowest BCUT2D eigenvalue weighted by Crippen LogP contribution is -2.33. The monoisotopic (exact) mass is 261 g/mol. The van der Waals surface area contributed by atoms with Crippen LogP contribution in [-0.2, 0) is 4.79 Å². The summed E-state index contributed by atoms with van der Waals surface area (Å²) in [7, 11) is 0. The molecule has 0 aliphatic heterocycles. The van der Waals surface area contributed by atoms with E-state index in [1.165, 1.54) is 11.3 Å². The Balaban J connectivity index is 2.18. The predicted molar refractivity (Wildman–Crippen MR) is 68.6 cm³/mol. The summed E-state index contributed by atoms with van der Waals surface area (Å²) in [4.78, 5) is 23.5. The molecule has 0 spiro atoms. The van der Waals surface area contributed by atoms with E-state index in [1.807, 2.05) is 0 Å². The number of carboxylic acid groups (broad SMARTS) is 1. The van der Waals surface area contributed by atoms with Crippen LogP contribution < -0.4 is 5.32 Å². The number of amides is 1. The molecule has 5 heteroatoms. The van der Waals surface area contributed by atoms with Crippen molar-refractivity contribution in [3.63, 3.8) is 0 Å². The van der Waals surface area contributed by atoms with Crippen molar-refractivity contribution in [1.82, 2.24) is 5.32 Å². The highest BCUT2D eigenvalue weighted by Crippen LogP contribution is 2.15. The van der Waals surface area contributed by atoms with E-state index in [-0.39, 0.29) is 5.91 Å². The number of aliphatic carboxylic acids is 1. The summed E-state index contributed by atoms with van der Waals surface area (Å²) in [5.41, 5.74) is 0.551. The number of nitrogens with one attached hydrogen (secondary N) is 1. The smallest absolute Gasteiger partial charge is 0.330 e. The van der Waals surface area contributed by atoms with Gasteiger partial charge < -0.3 is 10.4 Å². The molecule has 0 bridgehead atoms. The lowest BCUT2D eigenvalue weighted by molar-refractivity contribution is -0.139. The minimum atomic E-state index is -1.08. The summed E-state index contributed by atoms with van der Waals surface area (Å²) in [5, 5.41) is 13.4. The van der Waals surface area contributed by atoms with E-state index < -0.39 is 12.0 Å². The topological polar surface area (TPSA) is 66.4 Å². The molecule has 1 aromatic heterocycles. The van der Waals surface area contributed by atoms with Crippen LogP contribution in [0.15, 0.2) is 47.8 Å². The molecular formula is C13H11NO3S. The number of benzene rings is 1. The summed E-state index contributed by atoms with van der Waals surface area (Å²) in [6.45, 7) is 0. The second-order valence-electron chi connectivity index (χ2n) is 3.63. The average Bonchev–Trinajstić information content (AvgIpc) is 2.90. The summed E-state index contributed by atoms with van der Waals surface area (Å²) in [6, 6.07) is 11.0. The zero-order chi connectivity index (χ0) is 13.0. The maximum absolute atomic E-state index is 11.8. The molecule has 92 valence electrons. The van der Waals surface area contributed by atoms with E-state index in [4.69, 9.17) is 5.11 Å². The lowest BCUT2D eigenvalue weighted by Gasteiger charge is -2.14. The van der Waals surface area contributed by atoms with Gasteiger partial charge in [0, 0.05) is 0 Å². The van der Waals surface area contributed by atoms with Crippen LogP contribution in [0.4, 0.5) is 0 Å². The van der Waals surface area contributed by atoms with Crippen molar-refractivity contribution in [3.8, 4) is 0 Å². The Labute approximate surface area is 108 Å². The van der Waals surface area contributed by atoms with Gasteiger partial charge in [-0.1, -0.05) is 36.4 Å². The molecule has 4 nitrogen and oxygen atoms in total. The Bertz CT molecular complexity index is 537. The minimum Gasteiger partial charge on any atom is -0.479 e. The zero-order valence-electron chi connectivity index (χ0n) is 9.37. The minimum absolute atomic E-state index is 0.374. The van der Waals surface area contributed by atoms with Crippen LogP contribution in [0.5, 0.6) is 0 Å². The number of hydrogen-bond donors (Lipinski definition) is 2. The van der Waals surface area contributed by atoms with Crippen molar-refractivity contribution in [2.24, 2.45) is 0 Å². The maximum Gasteiger partial charge on any atom is 0.330 e. The van der Waals surface area contributed by atoms with Gasteiger partial charge in [-0.2, -0.15) is 0 Å². The first-order valence-electron chi connectivity index (χ1n) is 5.30. The highest BCUT2D eigenvalue weighted by molar-refractivity contribution is 7.12. The molecule has 1 heterocycles. The lowest BCUT2D eigenvalue weighted by atomic mass is 10.1. The number of hydrogen-bond acceptors (Lipinski definition) is 3. The van der Waals surface area contributed by atoms with E-state index in [0.29, 0.717) is 10.4 Å². The molecule has 1 aromatic carbocycles. The van der Waals surface area contributed by atoms with Gasteiger partial charge in [0.2, 0.25) is 0 Å². The second kappa shape index (κ2) is 5.46. The third-order valence-electron chi connectivity index (χ3n) is 2.40. The van der Waals surface area contributed by atoms with Crippen molar-refractivity contribution < 1.29 is 14.7 Å². The maximum atomic E-state index is 11.8. The van der Waals surface area contributed by atoms with Gasteiger partial charge in [-0.25, -0.2) is 4.79 Å². The van der Waals surface area contributed by atoms with Gasteiger partial charge in [0.15, 0.2) is 6.04 Å². The molecule has 18 heavy (non-hydrogen) atoms. The molecule has 1 atom stereocenters. The predicted octanol–water partition coefficient (Wildman–Crippen LogP) is 2.30. The van der Waals surface area contributed by atoms with Crippen LogP contribution in [0.3, 0.4) is 0 Å². The third-order valence-corrected chi connectivity index (χ3v) is 3.27. The first-order chi connectivity index (χ1) is 8.68. The Hall–Kier alpha value is -2.14. The van der Waals surface area contributed by atoms with E-state index >= 15 is 0 Å². The molecule has 2 aromatic rings.